The summed E-state index contributed by atoms with van der Waals surface area (Å²) in [6, 6.07) is 6.29. The summed E-state index contributed by atoms with van der Waals surface area (Å²) in [5, 5.41) is 3.66. The molecule has 22 heavy (non-hydrogen) atoms. The standard InChI is InChI=1S/C19H29FN2/c1-15-6-5-11-22(14-15)19-12-16(9-10-18(19)20)13-21-17-7-3-2-4-8-17/h9-10,12,15,17,21H,2-8,11,13-14H2,1H3. The summed E-state index contributed by atoms with van der Waals surface area (Å²) in [5.74, 6) is 0.590. The van der Waals surface area contributed by atoms with Gasteiger partial charge in [0.25, 0.3) is 0 Å². The van der Waals surface area contributed by atoms with E-state index in [0.717, 1.165) is 25.3 Å². The number of rotatable bonds is 4. The smallest absolute Gasteiger partial charge is 0.146 e. The van der Waals surface area contributed by atoms with E-state index in [1.54, 1.807) is 6.07 Å². The molecule has 0 bridgehead atoms. The lowest BCUT2D eigenvalue weighted by Gasteiger charge is -2.33. The fourth-order valence-electron chi connectivity index (χ4n) is 3.89. The summed E-state index contributed by atoms with van der Waals surface area (Å²) in [4.78, 5) is 2.23. The van der Waals surface area contributed by atoms with Gasteiger partial charge < -0.3 is 10.2 Å². The summed E-state index contributed by atoms with van der Waals surface area (Å²) in [5.41, 5.74) is 2.01. The SMILES string of the molecule is CC1CCCN(c2cc(CNC3CCCCC3)ccc2F)C1. The molecule has 1 saturated carbocycles. The molecular formula is C19H29FN2. The highest BCUT2D eigenvalue weighted by molar-refractivity contribution is 5.50. The molecule has 122 valence electrons. The van der Waals surface area contributed by atoms with E-state index in [1.165, 1.54) is 50.5 Å². The maximum atomic E-state index is 14.2. The average molecular weight is 304 g/mol. The third kappa shape index (κ3) is 4.01. The Kier molecular flexibility index (Phi) is 5.35. The normalized spacial score (nSPS) is 23.7. The Bertz CT molecular complexity index is 482. The van der Waals surface area contributed by atoms with Gasteiger partial charge >= 0.3 is 0 Å². The molecule has 0 aromatic heterocycles. The number of piperidine rings is 1. The zero-order valence-corrected chi connectivity index (χ0v) is 13.8. The second-order valence-corrected chi connectivity index (χ2v) is 7.20. The molecule has 1 heterocycles. The van der Waals surface area contributed by atoms with Gasteiger partial charge in [0, 0.05) is 25.7 Å². The van der Waals surface area contributed by atoms with Crippen LogP contribution in [0.4, 0.5) is 10.1 Å². The van der Waals surface area contributed by atoms with Crippen LogP contribution in [-0.2, 0) is 6.54 Å². The first kappa shape index (κ1) is 15.8. The van der Waals surface area contributed by atoms with Gasteiger partial charge in [0.2, 0.25) is 0 Å². The van der Waals surface area contributed by atoms with Gasteiger partial charge in [-0.05, 0) is 49.3 Å². The van der Waals surface area contributed by atoms with Crippen LogP contribution in [0.5, 0.6) is 0 Å². The van der Waals surface area contributed by atoms with Crippen molar-refractivity contribution >= 4 is 5.69 Å². The van der Waals surface area contributed by atoms with Crippen LogP contribution in [0.1, 0.15) is 57.4 Å². The fraction of sp³-hybridized carbons (Fsp3) is 0.684. The lowest BCUT2D eigenvalue weighted by atomic mass is 9.95. The van der Waals surface area contributed by atoms with Crippen LogP contribution in [0.2, 0.25) is 0 Å². The van der Waals surface area contributed by atoms with E-state index in [1.807, 2.05) is 6.07 Å². The molecule has 2 nitrogen and oxygen atoms in total. The minimum absolute atomic E-state index is 0.0736. The Balaban J connectivity index is 1.64. The molecule has 1 unspecified atom stereocenters. The topological polar surface area (TPSA) is 15.3 Å². The molecule has 1 aliphatic carbocycles. The molecule has 1 aromatic carbocycles. The highest BCUT2D eigenvalue weighted by atomic mass is 19.1. The van der Waals surface area contributed by atoms with Crippen molar-refractivity contribution in [1.82, 2.24) is 5.32 Å². The molecule has 2 aliphatic rings. The number of benzene rings is 1. The molecular weight excluding hydrogens is 275 g/mol. The second kappa shape index (κ2) is 7.45. The summed E-state index contributed by atoms with van der Waals surface area (Å²) in [6.45, 7) is 5.09. The quantitative estimate of drug-likeness (QED) is 0.882. The molecule has 3 rings (SSSR count). The van der Waals surface area contributed by atoms with Crippen molar-refractivity contribution in [3.05, 3.63) is 29.6 Å². The largest absolute Gasteiger partial charge is 0.369 e. The Labute approximate surface area is 134 Å². The van der Waals surface area contributed by atoms with E-state index in [-0.39, 0.29) is 5.82 Å². The van der Waals surface area contributed by atoms with Crippen molar-refractivity contribution in [2.75, 3.05) is 18.0 Å². The monoisotopic (exact) mass is 304 g/mol. The number of anilines is 1. The predicted molar refractivity (Wildman–Crippen MR) is 90.7 cm³/mol. The van der Waals surface area contributed by atoms with Crippen molar-refractivity contribution in [1.29, 1.82) is 0 Å². The maximum absolute atomic E-state index is 14.2. The fourth-order valence-corrected chi connectivity index (χ4v) is 3.89. The minimum Gasteiger partial charge on any atom is -0.369 e. The van der Waals surface area contributed by atoms with Crippen molar-refractivity contribution in [3.8, 4) is 0 Å². The number of halogens is 1. The lowest BCUT2D eigenvalue weighted by molar-refractivity contribution is 0.372. The summed E-state index contributed by atoms with van der Waals surface area (Å²) < 4.78 is 14.2. The molecule has 0 amide bonds. The molecule has 1 aromatic rings. The van der Waals surface area contributed by atoms with E-state index >= 15 is 0 Å². The van der Waals surface area contributed by atoms with E-state index in [4.69, 9.17) is 0 Å². The molecule has 0 radical (unpaired) electrons. The summed E-state index contributed by atoms with van der Waals surface area (Å²) in [7, 11) is 0. The van der Waals surface area contributed by atoms with Crippen molar-refractivity contribution < 1.29 is 4.39 Å². The van der Waals surface area contributed by atoms with E-state index < -0.39 is 0 Å². The Morgan fingerprint density at radius 2 is 1.95 bits per heavy atom. The molecule has 0 spiro atoms. The predicted octanol–water partition coefficient (Wildman–Crippen LogP) is 4.48. The first-order chi connectivity index (χ1) is 10.7. The molecule has 3 heteroatoms. The zero-order valence-electron chi connectivity index (χ0n) is 13.8. The van der Waals surface area contributed by atoms with Gasteiger partial charge in [-0.2, -0.15) is 0 Å². The number of hydrogen-bond acceptors (Lipinski definition) is 2. The lowest BCUT2D eigenvalue weighted by Crippen LogP contribution is -2.35. The zero-order chi connectivity index (χ0) is 15.4. The van der Waals surface area contributed by atoms with Gasteiger partial charge in [0.1, 0.15) is 5.82 Å². The van der Waals surface area contributed by atoms with Crippen molar-refractivity contribution in [2.45, 2.75) is 64.5 Å². The van der Waals surface area contributed by atoms with Crippen LogP contribution in [0.3, 0.4) is 0 Å². The highest BCUT2D eigenvalue weighted by Crippen LogP contribution is 2.27. The maximum Gasteiger partial charge on any atom is 0.146 e. The van der Waals surface area contributed by atoms with E-state index in [0.29, 0.717) is 12.0 Å². The molecule has 1 N–H and O–H groups in total. The Hall–Kier alpha value is -1.09. The van der Waals surface area contributed by atoms with Crippen LogP contribution < -0.4 is 10.2 Å². The van der Waals surface area contributed by atoms with E-state index in [2.05, 4.69) is 23.2 Å². The van der Waals surface area contributed by atoms with Gasteiger partial charge in [0.05, 0.1) is 5.69 Å². The van der Waals surface area contributed by atoms with Crippen LogP contribution >= 0.6 is 0 Å². The van der Waals surface area contributed by atoms with Crippen molar-refractivity contribution in [2.24, 2.45) is 5.92 Å². The van der Waals surface area contributed by atoms with Gasteiger partial charge in [-0.15, -0.1) is 0 Å². The first-order valence-corrected chi connectivity index (χ1v) is 8.99. The number of nitrogens with zero attached hydrogens (tertiary/aromatic N) is 1. The van der Waals surface area contributed by atoms with E-state index in [9.17, 15) is 4.39 Å². The van der Waals surface area contributed by atoms with Crippen LogP contribution in [0.25, 0.3) is 0 Å². The highest BCUT2D eigenvalue weighted by Gasteiger charge is 2.20. The minimum atomic E-state index is -0.0736. The average Bonchev–Trinajstić information content (AvgIpc) is 2.55. The first-order valence-electron chi connectivity index (χ1n) is 8.99. The van der Waals surface area contributed by atoms with Gasteiger partial charge in [-0.3, -0.25) is 0 Å². The number of hydrogen-bond donors (Lipinski definition) is 1. The van der Waals surface area contributed by atoms with Gasteiger partial charge in [-0.25, -0.2) is 4.39 Å². The van der Waals surface area contributed by atoms with Crippen LogP contribution in [-0.4, -0.2) is 19.1 Å². The summed E-state index contributed by atoms with van der Waals surface area (Å²) in [6.07, 6.45) is 9.09. The second-order valence-electron chi connectivity index (χ2n) is 7.20. The molecule has 1 aliphatic heterocycles. The van der Waals surface area contributed by atoms with Gasteiger partial charge in [-0.1, -0.05) is 32.3 Å². The Morgan fingerprint density at radius 3 is 2.73 bits per heavy atom. The summed E-state index contributed by atoms with van der Waals surface area (Å²) >= 11 is 0. The molecule has 1 atom stereocenters. The van der Waals surface area contributed by atoms with Crippen LogP contribution in [0.15, 0.2) is 18.2 Å². The third-order valence-electron chi connectivity index (χ3n) is 5.21. The molecule has 1 saturated heterocycles. The Morgan fingerprint density at radius 1 is 1.14 bits per heavy atom. The van der Waals surface area contributed by atoms with Crippen molar-refractivity contribution in [3.63, 3.8) is 0 Å². The number of nitrogens with one attached hydrogen (secondary N) is 1. The molecule has 2 fully saturated rings. The van der Waals surface area contributed by atoms with Crippen LogP contribution in [0, 0.1) is 11.7 Å². The van der Waals surface area contributed by atoms with Gasteiger partial charge in [0.15, 0.2) is 0 Å². The third-order valence-corrected chi connectivity index (χ3v) is 5.21.